The number of carbonyl (C=O) groups is 2. The summed E-state index contributed by atoms with van der Waals surface area (Å²) in [6, 6.07) is 6.80. The second-order valence-corrected chi connectivity index (χ2v) is 4.89. The van der Waals surface area contributed by atoms with Gasteiger partial charge in [0.05, 0.1) is 18.2 Å². The van der Waals surface area contributed by atoms with Crippen LogP contribution < -0.4 is 10.1 Å². The molecule has 1 aromatic rings. The van der Waals surface area contributed by atoms with Crippen LogP contribution in [0.3, 0.4) is 0 Å². The number of aliphatic carboxylic acids is 1. The number of rotatable bonds is 7. The molecule has 1 atom stereocenters. The molecule has 2 amide bonds. The lowest BCUT2D eigenvalue weighted by Crippen LogP contribution is -2.36. The first-order valence-electron chi connectivity index (χ1n) is 6.92. The van der Waals surface area contributed by atoms with Crippen LogP contribution in [0.5, 0.6) is 5.75 Å². The predicted molar refractivity (Wildman–Crippen MR) is 80.7 cm³/mol. The minimum absolute atomic E-state index is 0.138. The van der Waals surface area contributed by atoms with Gasteiger partial charge in [-0.25, -0.2) is 4.79 Å². The average Bonchev–Trinajstić information content (AvgIpc) is 2.46. The zero-order valence-corrected chi connectivity index (χ0v) is 12.6. The first-order chi connectivity index (χ1) is 9.95. The molecule has 0 saturated heterocycles. The Balaban J connectivity index is 2.67. The van der Waals surface area contributed by atoms with E-state index in [2.05, 4.69) is 5.32 Å². The van der Waals surface area contributed by atoms with Crippen molar-refractivity contribution in [1.82, 2.24) is 4.90 Å². The van der Waals surface area contributed by atoms with E-state index in [1.807, 2.05) is 13.0 Å². The molecule has 0 aliphatic heterocycles. The Kier molecular flexibility index (Phi) is 6.52. The van der Waals surface area contributed by atoms with E-state index in [1.54, 1.807) is 32.2 Å². The highest BCUT2D eigenvalue weighted by atomic mass is 16.5. The fourth-order valence-corrected chi connectivity index (χ4v) is 1.69. The van der Waals surface area contributed by atoms with Gasteiger partial charge in [-0.1, -0.05) is 26.0 Å². The summed E-state index contributed by atoms with van der Waals surface area (Å²) in [6.45, 7) is 4.27. The number of carboxylic acids is 1. The molecule has 6 heteroatoms. The number of nitrogens with one attached hydrogen (secondary N) is 1. The largest absolute Gasteiger partial charge is 0.491 e. The first kappa shape index (κ1) is 16.8. The summed E-state index contributed by atoms with van der Waals surface area (Å²) >= 11 is 0. The maximum Gasteiger partial charge on any atom is 0.321 e. The summed E-state index contributed by atoms with van der Waals surface area (Å²) < 4.78 is 5.56. The van der Waals surface area contributed by atoms with Crippen LogP contribution >= 0.6 is 0 Å². The number of para-hydroxylation sites is 2. The maximum absolute atomic E-state index is 12.1. The monoisotopic (exact) mass is 294 g/mol. The summed E-state index contributed by atoms with van der Waals surface area (Å²) in [5.41, 5.74) is 0.575. The van der Waals surface area contributed by atoms with Crippen molar-refractivity contribution >= 4 is 17.7 Å². The van der Waals surface area contributed by atoms with E-state index in [0.29, 0.717) is 18.0 Å². The fraction of sp³-hybridized carbons (Fsp3) is 0.467. The molecule has 1 unspecified atom stereocenters. The summed E-state index contributed by atoms with van der Waals surface area (Å²) in [5.74, 6) is -0.943. The highest BCUT2D eigenvalue weighted by Crippen LogP contribution is 2.24. The van der Waals surface area contributed by atoms with E-state index < -0.39 is 11.9 Å². The molecule has 0 radical (unpaired) electrons. The van der Waals surface area contributed by atoms with Crippen LogP contribution in [0.2, 0.25) is 0 Å². The van der Waals surface area contributed by atoms with E-state index in [4.69, 9.17) is 9.84 Å². The number of benzene rings is 1. The van der Waals surface area contributed by atoms with Crippen LogP contribution in [0, 0.1) is 5.92 Å². The highest BCUT2D eigenvalue weighted by molar-refractivity contribution is 5.91. The van der Waals surface area contributed by atoms with Crippen molar-refractivity contribution in [3.63, 3.8) is 0 Å². The minimum Gasteiger partial charge on any atom is -0.491 e. The van der Waals surface area contributed by atoms with Crippen LogP contribution in [0.4, 0.5) is 10.5 Å². The van der Waals surface area contributed by atoms with Gasteiger partial charge in [0.15, 0.2) is 0 Å². The molecular formula is C15H22N2O4. The van der Waals surface area contributed by atoms with Crippen LogP contribution in [-0.2, 0) is 4.79 Å². The van der Waals surface area contributed by atoms with E-state index in [1.165, 1.54) is 4.90 Å². The lowest BCUT2D eigenvalue weighted by atomic mass is 10.2. The molecule has 0 aliphatic rings. The molecule has 0 spiro atoms. The van der Waals surface area contributed by atoms with Crippen molar-refractivity contribution in [2.75, 3.05) is 25.5 Å². The Morgan fingerprint density at radius 3 is 2.67 bits per heavy atom. The molecular weight excluding hydrogens is 272 g/mol. The molecule has 21 heavy (non-hydrogen) atoms. The quantitative estimate of drug-likeness (QED) is 0.810. The summed E-state index contributed by atoms with van der Waals surface area (Å²) in [4.78, 5) is 24.2. The third-order valence-electron chi connectivity index (χ3n) is 2.91. The zero-order valence-electron chi connectivity index (χ0n) is 12.6. The second-order valence-electron chi connectivity index (χ2n) is 4.89. The maximum atomic E-state index is 12.1. The van der Waals surface area contributed by atoms with Crippen molar-refractivity contribution in [2.24, 2.45) is 5.92 Å². The van der Waals surface area contributed by atoms with Gasteiger partial charge >= 0.3 is 12.0 Å². The highest BCUT2D eigenvalue weighted by Gasteiger charge is 2.18. The SMILES string of the molecule is CCCOc1ccccc1NC(=O)N(C)CC(C)C(=O)O. The van der Waals surface area contributed by atoms with Gasteiger partial charge in [-0.2, -0.15) is 0 Å². The van der Waals surface area contributed by atoms with Crippen molar-refractivity contribution in [1.29, 1.82) is 0 Å². The predicted octanol–water partition coefficient (Wildman–Crippen LogP) is 2.66. The number of nitrogens with zero attached hydrogens (tertiary/aromatic N) is 1. The molecule has 1 aromatic carbocycles. The molecule has 6 nitrogen and oxygen atoms in total. The summed E-state index contributed by atoms with van der Waals surface area (Å²) in [7, 11) is 1.56. The summed E-state index contributed by atoms with van der Waals surface area (Å²) in [5, 5.41) is 11.6. The lowest BCUT2D eigenvalue weighted by molar-refractivity contribution is -0.141. The van der Waals surface area contributed by atoms with Gasteiger partial charge in [-0.05, 0) is 18.6 Å². The number of urea groups is 1. The van der Waals surface area contributed by atoms with Gasteiger partial charge < -0.3 is 20.1 Å². The molecule has 0 bridgehead atoms. The normalized spacial score (nSPS) is 11.6. The van der Waals surface area contributed by atoms with Gasteiger partial charge in [0.1, 0.15) is 5.75 Å². The number of carboxylic acid groups (broad SMARTS) is 1. The number of hydrogen-bond acceptors (Lipinski definition) is 3. The van der Waals surface area contributed by atoms with E-state index in [9.17, 15) is 9.59 Å². The third kappa shape index (κ3) is 5.33. The first-order valence-corrected chi connectivity index (χ1v) is 6.92. The van der Waals surface area contributed by atoms with Gasteiger partial charge in [0.2, 0.25) is 0 Å². The van der Waals surface area contributed by atoms with Crippen LogP contribution in [0.15, 0.2) is 24.3 Å². The Bertz CT molecular complexity index is 490. The number of anilines is 1. The molecule has 1 rings (SSSR count). The lowest BCUT2D eigenvalue weighted by Gasteiger charge is -2.21. The Morgan fingerprint density at radius 1 is 1.38 bits per heavy atom. The standard InChI is InChI=1S/C15H22N2O4/c1-4-9-21-13-8-6-5-7-12(13)16-15(20)17(3)10-11(2)14(18)19/h5-8,11H,4,9-10H2,1-3H3,(H,16,20)(H,18,19). The van der Waals surface area contributed by atoms with E-state index in [0.717, 1.165) is 6.42 Å². The second kappa shape index (κ2) is 8.14. The Morgan fingerprint density at radius 2 is 2.05 bits per heavy atom. The molecule has 0 saturated carbocycles. The Labute approximate surface area is 124 Å². The molecule has 2 N–H and O–H groups in total. The number of hydrogen-bond donors (Lipinski definition) is 2. The van der Waals surface area contributed by atoms with Crippen LogP contribution in [0.25, 0.3) is 0 Å². The third-order valence-corrected chi connectivity index (χ3v) is 2.91. The summed E-state index contributed by atoms with van der Waals surface area (Å²) in [6.07, 6.45) is 0.873. The Hall–Kier alpha value is -2.24. The fourth-order valence-electron chi connectivity index (χ4n) is 1.69. The van der Waals surface area contributed by atoms with Crippen molar-refractivity contribution < 1.29 is 19.4 Å². The van der Waals surface area contributed by atoms with Crippen LogP contribution in [-0.4, -0.2) is 42.2 Å². The van der Waals surface area contributed by atoms with Crippen molar-refractivity contribution in [2.45, 2.75) is 20.3 Å². The zero-order chi connectivity index (χ0) is 15.8. The van der Waals surface area contributed by atoms with Gasteiger partial charge in [-0.3, -0.25) is 4.79 Å². The van der Waals surface area contributed by atoms with Crippen molar-refractivity contribution in [3.8, 4) is 5.75 Å². The van der Waals surface area contributed by atoms with E-state index >= 15 is 0 Å². The van der Waals surface area contributed by atoms with E-state index in [-0.39, 0.29) is 12.6 Å². The molecule has 0 aromatic heterocycles. The molecule has 116 valence electrons. The molecule has 0 aliphatic carbocycles. The topological polar surface area (TPSA) is 78.9 Å². The number of amides is 2. The molecule has 0 fully saturated rings. The average molecular weight is 294 g/mol. The van der Waals surface area contributed by atoms with Crippen LogP contribution in [0.1, 0.15) is 20.3 Å². The smallest absolute Gasteiger partial charge is 0.321 e. The minimum atomic E-state index is -0.929. The number of carbonyl (C=O) groups excluding carboxylic acids is 1. The molecule has 0 heterocycles. The van der Waals surface area contributed by atoms with Gasteiger partial charge in [-0.15, -0.1) is 0 Å². The van der Waals surface area contributed by atoms with Gasteiger partial charge in [0, 0.05) is 13.6 Å². The van der Waals surface area contributed by atoms with Gasteiger partial charge in [0.25, 0.3) is 0 Å². The number of ether oxygens (including phenoxy) is 1. The van der Waals surface area contributed by atoms with Crippen molar-refractivity contribution in [3.05, 3.63) is 24.3 Å².